The van der Waals surface area contributed by atoms with Gasteiger partial charge in [-0.15, -0.1) is 0 Å². The third-order valence-corrected chi connectivity index (χ3v) is 5.76. The van der Waals surface area contributed by atoms with Crippen molar-refractivity contribution in [1.29, 1.82) is 0 Å². The smallest absolute Gasteiger partial charge is 0.340 e. The number of esters is 1. The van der Waals surface area contributed by atoms with Gasteiger partial charge in [-0.2, -0.15) is 0 Å². The second-order valence-electron chi connectivity index (χ2n) is 7.72. The Labute approximate surface area is 178 Å². The van der Waals surface area contributed by atoms with Crippen LogP contribution >= 0.6 is 0 Å². The molecule has 1 fully saturated rings. The molecule has 2 aromatic rings. The van der Waals surface area contributed by atoms with Crippen molar-refractivity contribution >= 4 is 23.3 Å². The van der Waals surface area contributed by atoms with Gasteiger partial charge in [-0.3, -0.25) is 4.79 Å². The molecule has 7 nitrogen and oxygen atoms in total. The largest absolute Gasteiger partial charge is 0.462 e. The van der Waals surface area contributed by atoms with E-state index in [9.17, 15) is 9.59 Å². The number of likely N-dealkylation sites (N-methyl/N-ethyl adjacent to an activating group) is 1. The molecule has 1 aliphatic rings. The number of aryl methyl sites for hydroxylation is 2. The van der Waals surface area contributed by atoms with Crippen LogP contribution in [0.3, 0.4) is 0 Å². The van der Waals surface area contributed by atoms with Crippen LogP contribution in [0.25, 0.3) is 0 Å². The number of aromatic nitrogens is 1. The van der Waals surface area contributed by atoms with E-state index in [4.69, 9.17) is 4.74 Å². The number of piperazine rings is 1. The monoisotopic (exact) mass is 412 g/mol. The summed E-state index contributed by atoms with van der Waals surface area (Å²) in [6.45, 7) is 15.1. The third kappa shape index (κ3) is 4.51. The van der Waals surface area contributed by atoms with Gasteiger partial charge in [0.05, 0.1) is 12.2 Å². The molecule has 7 heteroatoms. The van der Waals surface area contributed by atoms with Crippen molar-refractivity contribution in [3.8, 4) is 0 Å². The highest BCUT2D eigenvalue weighted by molar-refractivity contribution is 6.07. The molecule has 30 heavy (non-hydrogen) atoms. The predicted molar refractivity (Wildman–Crippen MR) is 120 cm³/mol. The molecular weight excluding hydrogens is 380 g/mol. The van der Waals surface area contributed by atoms with E-state index in [1.165, 1.54) is 5.69 Å². The van der Waals surface area contributed by atoms with Crippen LogP contribution < -0.4 is 10.2 Å². The molecule has 1 aromatic carbocycles. The fourth-order valence-electron chi connectivity index (χ4n) is 4.07. The van der Waals surface area contributed by atoms with Crippen molar-refractivity contribution in [2.24, 2.45) is 0 Å². The Bertz CT molecular complexity index is 927. The van der Waals surface area contributed by atoms with Gasteiger partial charge in [0, 0.05) is 43.2 Å². The molecule has 0 bridgehead atoms. The number of benzene rings is 1. The zero-order chi connectivity index (χ0) is 21.8. The summed E-state index contributed by atoms with van der Waals surface area (Å²) in [4.78, 5) is 32.9. The number of nitrogens with zero attached hydrogens (tertiary/aromatic N) is 2. The molecule has 0 radical (unpaired) electrons. The van der Waals surface area contributed by atoms with Gasteiger partial charge in [0.25, 0.3) is 5.91 Å². The van der Waals surface area contributed by atoms with Crippen molar-refractivity contribution in [1.82, 2.24) is 9.88 Å². The Hall–Kier alpha value is -2.80. The van der Waals surface area contributed by atoms with Gasteiger partial charge < -0.3 is 24.8 Å². The molecule has 2 heterocycles. The van der Waals surface area contributed by atoms with Crippen LogP contribution in [0, 0.1) is 20.8 Å². The lowest BCUT2D eigenvalue weighted by molar-refractivity contribution is 0.0525. The highest BCUT2D eigenvalue weighted by Gasteiger charge is 2.23. The van der Waals surface area contributed by atoms with Crippen LogP contribution in [0.4, 0.5) is 11.4 Å². The number of hydrogen-bond donors (Lipinski definition) is 2. The van der Waals surface area contributed by atoms with E-state index < -0.39 is 5.97 Å². The Morgan fingerprint density at radius 3 is 2.40 bits per heavy atom. The number of carbonyl (C=O) groups is 2. The van der Waals surface area contributed by atoms with Gasteiger partial charge in [-0.1, -0.05) is 6.92 Å². The second kappa shape index (κ2) is 9.34. The Balaban J connectivity index is 1.73. The van der Waals surface area contributed by atoms with Crippen molar-refractivity contribution in [3.05, 3.63) is 46.3 Å². The summed E-state index contributed by atoms with van der Waals surface area (Å²) in [5.74, 6) is -0.680. The summed E-state index contributed by atoms with van der Waals surface area (Å²) in [7, 11) is 0. The third-order valence-electron chi connectivity index (χ3n) is 5.76. The molecule has 1 aliphatic heterocycles. The van der Waals surface area contributed by atoms with Crippen LogP contribution in [0.15, 0.2) is 18.2 Å². The Morgan fingerprint density at radius 2 is 1.80 bits per heavy atom. The molecule has 0 atom stereocenters. The van der Waals surface area contributed by atoms with Gasteiger partial charge in [-0.25, -0.2) is 4.79 Å². The fraction of sp³-hybridized carbons (Fsp3) is 0.478. The predicted octanol–water partition coefficient (Wildman–Crippen LogP) is 3.51. The SMILES string of the molecule is CCOC(=O)c1c(C)[nH]c(C(=O)Nc2ccc(N3CCN(CC)CC3)c(C)c2)c1C. The van der Waals surface area contributed by atoms with Gasteiger partial charge in [0.2, 0.25) is 0 Å². The minimum Gasteiger partial charge on any atom is -0.462 e. The van der Waals surface area contributed by atoms with Crippen LogP contribution in [0.5, 0.6) is 0 Å². The molecule has 2 N–H and O–H groups in total. The maximum absolute atomic E-state index is 12.8. The first-order valence-electron chi connectivity index (χ1n) is 10.6. The summed E-state index contributed by atoms with van der Waals surface area (Å²) in [6, 6.07) is 6.00. The molecular formula is C23H32N4O3. The summed E-state index contributed by atoms with van der Waals surface area (Å²) in [6.07, 6.45) is 0. The number of aromatic amines is 1. The first kappa shape index (κ1) is 21.9. The normalized spacial score (nSPS) is 14.6. The lowest BCUT2D eigenvalue weighted by Gasteiger charge is -2.36. The number of nitrogens with one attached hydrogen (secondary N) is 2. The van der Waals surface area contributed by atoms with Gasteiger partial charge in [0.1, 0.15) is 5.69 Å². The van der Waals surface area contributed by atoms with Crippen LogP contribution in [0.2, 0.25) is 0 Å². The molecule has 0 spiro atoms. The van der Waals surface area contributed by atoms with E-state index in [1.807, 2.05) is 12.1 Å². The molecule has 1 aromatic heterocycles. The standard InChI is InChI=1S/C23H32N4O3/c1-6-26-10-12-27(13-11-26)19-9-8-18(14-15(19)3)25-22(28)21-16(4)20(17(5)24-21)23(29)30-7-2/h8-9,14,24H,6-7,10-13H2,1-5H3,(H,25,28). The lowest BCUT2D eigenvalue weighted by Crippen LogP contribution is -2.46. The molecule has 0 aliphatic carbocycles. The minimum absolute atomic E-state index is 0.269. The molecule has 0 unspecified atom stereocenters. The number of ether oxygens (including phenoxy) is 1. The number of amides is 1. The van der Waals surface area contributed by atoms with Crippen molar-refractivity contribution < 1.29 is 14.3 Å². The Morgan fingerprint density at radius 1 is 1.10 bits per heavy atom. The number of carbonyl (C=O) groups excluding carboxylic acids is 2. The van der Waals surface area contributed by atoms with Gasteiger partial charge in [-0.05, 0) is 63.6 Å². The zero-order valence-corrected chi connectivity index (χ0v) is 18.6. The topological polar surface area (TPSA) is 77.7 Å². The number of anilines is 2. The summed E-state index contributed by atoms with van der Waals surface area (Å²) < 4.78 is 5.10. The number of hydrogen-bond acceptors (Lipinski definition) is 5. The van der Waals surface area contributed by atoms with Crippen molar-refractivity contribution in [2.45, 2.75) is 34.6 Å². The molecule has 1 amide bonds. The van der Waals surface area contributed by atoms with E-state index in [-0.39, 0.29) is 5.91 Å². The van der Waals surface area contributed by atoms with E-state index in [0.29, 0.717) is 29.1 Å². The average molecular weight is 413 g/mol. The van der Waals surface area contributed by atoms with E-state index in [1.54, 1.807) is 20.8 Å². The summed E-state index contributed by atoms with van der Waals surface area (Å²) >= 11 is 0. The number of rotatable bonds is 6. The second-order valence-corrected chi connectivity index (χ2v) is 7.72. The Kier molecular flexibility index (Phi) is 6.82. The maximum Gasteiger partial charge on any atom is 0.340 e. The fourth-order valence-corrected chi connectivity index (χ4v) is 4.07. The zero-order valence-electron chi connectivity index (χ0n) is 18.6. The number of H-pyrrole nitrogens is 1. The highest BCUT2D eigenvalue weighted by atomic mass is 16.5. The van der Waals surface area contributed by atoms with E-state index >= 15 is 0 Å². The van der Waals surface area contributed by atoms with Crippen LogP contribution in [-0.4, -0.2) is 61.1 Å². The minimum atomic E-state index is -0.411. The molecule has 0 saturated carbocycles. The first-order valence-corrected chi connectivity index (χ1v) is 10.6. The van der Waals surface area contributed by atoms with Crippen molar-refractivity contribution in [3.63, 3.8) is 0 Å². The first-order chi connectivity index (χ1) is 14.3. The quantitative estimate of drug-likeness (QED) is 0.710. The van der Waals surface area contributed by atoms with E-state index in [0.717, 1.165) is 44.0 Å². The highest BCUT2D eigenvalue weighted by Crippen LogP contribution is 2.26. The summed E-state index contributed by atoms with van der Waals surface area (Å²) in [5, 5.41) is 2.95. The van der Waals surface area contributed by atoms with Crippen LogP contribution in [-0.2, 0) is 4.74 Å². The van der Waals surface area contributed by atoms with Gasteiger partial charge >= 0.3 is 5.97 Å². The molecule has 3 rings (SSSR count). The van der Waals surface area contributed by atoms with E-state index in [2.05, 4.69) is 40.0 Å². The molecule has 1 saturated heterocycles. The lowest BCUT2D eigenvalue weighted by atomic mass is 10.1. The average Bonchev–Trinajstić information content (AvgIpc) is 3.02. The van der Waals surface area contributed by atoms with Crippen LogP contribution in [0.1, 0.15) is 51.5 Å². The maximum atomic E-state index is 12.8. The van der Waals surface area contributed by atoms with Gasteiger partial charge in [0.15, 0.2) is 0 Å². The van der Waals surface area contributed by atoms with Crippen molar-refractivity contribution in [2.75, 3.05) is 49.5 Å². The summed E-state index contributed by atoms with van der Waals surface area (Å²) in [5.41, 5.74) is 5.12. The molecule has 162 valence electrons.